The maximum Gasteiger partial charge on any atom is 0.321 e. The van der Waals surface area contributed by atoms with Crippen LogP contribution in [0.4, 0.5) is 10.5 Å². The third-order valence-electron chi connectivity index (χ3n) is 4.12. The Balaban J connectivity index is 1.57. The van der Waals surface area contributed by atoms with E-state index in [9.17, 15) is 9.59 Å². The molecule has 3 amide bonds. The number of carbonyl (C=O) groups excluding carboxylic acids is 2. The molecule has 1 heterocycles. The molecule has 6 nitrogen and oxygen atoms in total. The SMILES string of the molecule is CN(CCOc1ccc(Cl)cc1)C(=O)c1cccc(N2CCNC2=O)c1. The zero-order valence-corrected chi connectivity index (χ0v) is 15.2. The fourth-order valence-electron chi connectivity index (χ4n) is 2.68. The number of anilines is 1. The summed E-state index contributed by atoms with van der Waals surface area (Å²) in [6.45, 7) is 2.02. The largest absolute Gasteiger partial charge is 0.492 e. The zero-order chi connectivity index (χ0) is 18.5. The van der Waals surface area contributed by atoms with Gasteiger partial charge in [-0.05, 0) is 42.5 Å². The number of ether oxygens (including phenoxy) is 1. The Kier molecular flexibility index (Phi) is 5.63. The normalized spacial score (nSPS) is 13.5. The van der Waals surface area contributed by atoms with Crippen LogP contribution in [-0.2, 0) is 0 Å². The molecule has 3 rings (SSSR count). The number of nitrogens with one attached hydrogen (secondary N) is 1. The predicted molar refractivity (Wildman–Crippen MR) is 101 cm³/mol. The van der Waals surface area contributed by atoms with Gasteiger partial charge in [0.25, 0.3) is 5.91 Å². The third-order valence-corrected chi connectivity index (χ3v) is 4.37. The maximum absolute atomic E-state index is 12.6. The number of likely N-dealkylation sites (N-methyl/N-ethyl adjacent to an activating group) is 1. The molecule has 7 heteroatoms. The lowest BCUT2D eigenvalue weighted by Crippen LogP contribution is -2.31. The third kappa shape index (κ3) is 4.26. The molecule has 0 radical (unpaired) electrons. The number of halogens is 1. The number of hydrogen-bond acceptors (Lipinski definition) is 3. The van der Waals surface area contributed by atoms with Gasteiger partial charge in [0.05, 0.1) is 6.54 Å². The fraction of sp³-hybridized carbons (Fsp3) is 0.263. The number of hydrogen-bond donors (Lipinski definition) is 1. The van der Waals surface area contributed by atoms with Gasteiger partial charge in [-0.15, -0.1) is 0 Å². The summed E-state index contributed by atoms with van der Waals surface area (Å²) < 4.78 is 5.62. The smallest absolute Gasteiger partial charge is 0.321 e. The Morgan fingerprint density at radius 1 is 1.27 bits per heavy atom. The topological polar surface area (TPSA) is 61.9 Å². The van der Waals surface area contributed by atoms with Crippen LogP contribution in [0.25, 0.3) is 0 Å². The lowest BCUT2D eigenvalue weighted by atomic mass is 10.1. The summed E-state index contributed by atoms with van der Waals surface area (Å²) in [7, 11) is 1.72. The molecule has 1 aliphatic heterocycles. The highest BCUT2D eigenvalue weighted by Crippen LogP contribution is 2.19. The Hall–Kier alpha value is -2.73. The Bertz CT molecular complexity index is 795. The van der Waals surface area contributed by atoms with E-state index in [2.05, 4.69) is 5.32 Å². The van der Waals surface area contributed by atoms with E-state index in [0.29, 0.717) is 42.6 Å². The van der Waals surface area contributed by atoms with Crippen LogP contribution in [0.15, 0.2) is 48.5 Å². The summed E-state index contributed by atoms with van der Waals surface area (Å²) in [6, 6.07) is 14.0. The van der Waals surface area contributed by atoms with E-state index >= 15 is 0 Å². The number of nitrogens with zero attached hydrogens (tertiary/aromatic N) is 2. The summed E-state index contributed by atoms with van der Waals surface area (Å²) in [5.74, 6) is 0.587. The molecule has 26 heavy (non-hydrogen) atoms. The summed E-state index contributed by atoms with van der Waals surface area (Å²) in [4.78, 5) is 27.6. The predicted octanol–water partition coefficient (Wildman–Crippen LogP) is 3.02. The van der Waals surface area contributed by atoms with E-state index in [1.807, 2.05) is 6.07 Å². The van der Waals surface area contributed by atoms with Crippen molar-refractivity contribution in [3.8, 4) is 5.75 Å². The van der Waals surface area contributed by atoms with Gasteiger partial charge in [-0.1, -0.05) is 17.7 Å². The van der Waals surface area contributed by atoms with Gasteiger partial charge in [-0.2, -0.15) is 0 Å². The Labute approximate surface area is 157 Å². The standard InChI is InChI=1S/C19H20ClN3O3/c1-22(11-12-26-17-7-5-15(20)6-8-17)18(24)14-3-2-4-16(13-14)23-10-9-21-19(23)25/h2-8,13H,9-12H2,1H3,(H,21,25). The van der Waals surface area contributed by atoms with Crippen LogP contribution in [0.2, 0.25) is 5.02 Å². The zero-order valence-electron chi connectivity index (χ0n) is 14.4. The highest BCUT2D eigenvalue weighted by atomic mass is 35.5. The second-order valence-electron chi connectivity index (χ2n) is 5.96. The molecule has 1 aliphatic rings. The summed E-state index contributed by atoms with van der Waals surface area (Å²) >= 11 is 5.84. The van der Waals surface area contributed by atoms with Gasteiger partial charge < -0.3 is 15.0 Å². The molecular weight excluding hydrogens is 354 g/mol. The molecule has 2 aromatic carbocycles. The van der Waals surface area contributed by atoms with E-state index < -0.39 is 0 Å². The van der Waals surface area contributed by atoms with E-state index in [4.69, 9.17) is 16.3 Å². The van der Waals surface area contributed by atoms with Gasteiger partial charge in [-0.25, -0.2) is 4.79 Å². The molecule has 1 fully saturated rings. The van der Waals surface area contributed by atoms with Crippen LogP contribution >= 0.6 is 11.6 Å². The number of rotatable bonds is 6. The summed E-state index contributed by atoms with van der Waals surface area (Å²) in [5, 5.41) is 3.40. The lowest BCUT2D eigenvalue weighted by Gasteiger charge is -2.19. The van der Waals surface area contributed by atoms with Crippen LogP contribution < -0.4 is 15.0 Å². The van der Waals surface area contributed by atoms with Crippen LogP contribution in [0, 0.1) is 0 Å². The van der Waals surface area contributed by atoms with Crippen molar-refractivity contribution in [3.05, 3.63) is 59.1 Å². The van der Waals surface area contributed by atoms with Crippen molar-refractivity contribution < 1.29 is 14.3 Å². The van der Waals surface area contributed by atoms with Crippen molar-refractivity contribution in [3.63, 3.8) is 0 Å². The van der Waals surface area contributed by atoms with E-state index in [1.54, 1.807) is 59.3 Å². The second-order valence-corrected chi connectivity index (χ2v) is 6.40. The van der Waals surface area contributed by atoms with Crippen molar-refractivity contribution in [2.24, 2.45) is 0 Å². The van der Waals surface area contributed by atoms with E-state index in [1.165, 1.54) is 0 Å². The highest BCUT2D eigenvalue weighted by Gasteiger charge is 2.22. The van der Waals surface area contributed by atoms with Crippen molar-refractivity contribution >= 4 is 29.2 Å². The molecule has 0 aromatic heterocycles. The van der Waals surface area contributed by atoms with Gasteiger partial charge in [0.15, 0.2) is 0 Å². The number of amides is 3. The van der Waals surface area contributed by atoms with Gasteiger partial charge in [0.1, 0.15) is 12.4 Å². The quantitative estimate of drug-likeness (QED) is 0.846. The number of carbonyl (C=O) groups is 2. The Morgan fingerprint density at radius 3 is 2.73 bits per heavy atom. The molecule has 0 spiro atoms. The molecule has 1 N–H and O–H groups in total. The van der Waals surface area contributed by atoms with Crippen molar-refractivity contribution in [2.75, 3.05) is 38.2 Å². The first-order valence-corrected chi connectivity index (χ1v) is 8.71. The minimum absolute atomic E-state index is 0.119. The van der Waals surface area contributed by atoms with Crippen molar-refractivity contribution in [1.82, 2.24) is 10.2 Å². The molecular formula is C19H20ClN3O3. The van der Waals surface area contributed by atoms with Crippen molar-refractivity contribution in [1.29, 1.82) is 0 Å². The molecule has 0 atom stereocenters. The minimum Gasteiger partial charge on any atom is -0.492 e. The molecule has 1 saturated heterocycles. The van der Waals surface area contributed by atoms with Crippen LogP contribution in [0.5, 0.6) is 5.75 Å². The van der Waals surface area contributed by atoms with E-state index in [-0.39, 0.29) is 11.9 Å². The average Bonchev–Trinajstić information content (AvgIpc) is 3.08. The van der Waals surface area contributed by atoms with Crippen molar-refractivity contribution in [2.45, 2.75) is 0 Å². The average molecular weight is 374 g/mol. The van der Waals surface area contributed by atoms with Crippen LogP contribution in [0.3, 0.4) is 0 Å². The van der Waals surface area contributed by atoms with E-state index in [0.717, 1.165) is 5.69 Å². The summed E-state index contributed by atoms with van der Waals surface area (Å²) in [5.41, 5.74) is 1.26. The molecule has 136 valence electrons. The minimum atomic E-state index is -0.140. The van der Waals surface area contributed by atoms with Gasteiger partial charge in [0.2, 0.25) is 0 Å². The maximum atomic E-state index is 12.6. The fourth-order valence-corrected chi connectivity index (χ4v) is 2.80. The number of benzene rings is 2. The first-order valence-electron chi connectivity index (χ1n) is 8.34. The molecule has 0 bridgehead atoms. The Morgan fingerprint density at radius 2 is 2.04 bits per heavy atom. The molecule has 0 saturated carbocycles. The second kappa shape index (κ2) is 8.10. The first-order chi connectivity index (χ1) is 12.5. The molecule has 2 aromatic rings. The number of urea groups is 1. The van der Waals surface area contributed by atoms with Gasteiger partial charge >= 0.3 is 6.03 Å². The van der Waals surface area contributed by atoms with Gasteiger partial charge in [-0.3, -0.25) is 9.69 Å². The lowest BCUT2D eigenvalue weighted by molar-refractivity contribution is 0.0774. The molecule has 0 aliphatic carbocycles. The first kappa shape index (κ1) is 18.1. The van der Waals surface area contributed by atoms with Gasteiger partial charge in [0, 0.05) is 36.4 Å². The molecule has 0 unspecified atom stereocenters. The monoisotopic (exact) mass is 373 g/mol. The van der Waals surface area contributed by atoms with Crippen LogP contribution in [-0.4, -0.2) is 50.1 Å². The summed E-state index contributed by atoms with van der Waals surface area (Å²) in [6.07, 6.45) is 0. The van der Waals surface area contributed by atoms with Crippen LogP contribution in [0.1, 0.15) is 10.4 Å². The highest BCUT2D eigenvalue weighted by molar-refractivity contribution is 6.30.